The average Bonchev–Trinajstić information content (AvgIpc) is 2.91. The summed E-state index contributed by atoms with van der Waals surface area (Å²) < 4.78 is 1.83. The zero-order chi connectivity index (χ0) is 14.3. The molecule has 4 N–H and O–H groups in total. The summed E-state index contributed by atoms with van der Waals surface area (Å²) in [6.07, 6.45) is 0. The summed E-state index contributed by atoms with van der Waals surface area (Å²) in [5.74, 6) is -0.181. The maximum Gasteiger partial charge on any atom is 0.334 e. The summed E-state index contributed by atoms with van der Waals surface area (Å²) in [6, 6.07) is 4.75. The van der Waals surface area contributed by atoms with Crippen LogP contribution in [0.3, 0.4) is 0 Å². The van der Waals surface area contributed by atoms with Crippen LogP contribution in [-0.2, 0) is 0 Å². The number of aromatic amines is 2. The molecule has 2 aromatic heterocycles. The van der Waals surface area contributed by atoms with Crippen LogP contribution in [0.15, 0.2) is 23.6 Å². The lowest BCUT2D eigenvalue weighted by molar-refractivity contribution is 0.250. The fourth-order valence-electron chi connectivity index (χ4n) is 1.78. The molecular weight excluding hydrogens is 316 g/mol. The molecule has 6 nitrogen and oxygen atoms in total. The fourth-order valence-corrected chi connectivity index (χ4v) is 2.91. The van der Waals surface area contributed by atoms with Crippen molar-refractivity contribution in [1.29, 1.82) is 0 Å². The van der Waals surface area contributed by atoms with Gasteiger partial charge in [0.05, 0.1) is 16.4 Å². The summed E-state index contributed by atoms with van der Waals surface area (Å²) in [6.45, 7) is 0. The fraction of sp³-hybridized carbons (Fsp3) is 0. The van der Waals surface area contributed by atoms with Crippen molar-refractivity contribution in [3.63, 3.8) is 0 Å². The lowest BCUT2D eigenvalue weighted by atomic mass is 10.3. The van der Waals surface area contributed by atoms with Gasteiger partial charge in [0.1, 0.15) is 0 Å². The minimum atomic E-state index is -0.512. The van der Waals surface area contributed by atoms with E-state index in [0.717, 1.165) is 26.9 Å². The molecule has 0 saturated carbocycles. The lowest BCUT2D eigenvalue weighted by Crippen LogP contribution is -2.18. The predicted octanol–water partition coefficient (Wildman–Crippen LogP) is 3.60. The Balaban J connectivity index is 1.95. The molecular formula is C11H8N4O2S3. The summed E-state index contributed by atoms with van der Waals surface area (Å²) in [5, 5.41) is 13.7. The maximum atomic E-state index is 12.1. The van der Waals surface area contributed by atoms with Crippen LogP contribution >= 0.6 is 35.8 Å². The molecule has 0 fully saturated rings. The maximum absolute atomic E-state index is 12.1. The Morgan fingerprint density at radius 1 is 1.30 bits per heavy atom. The Hall–Kier alpha value is -1.97. The van der Waals surface area contributed by atoms with Gasteiger partial charge in [0.2, 0.25) is 5.88 Å². The number of anilines is 1. The number of thiazole rings is 1. The van der Waals surface area contributed by atoms with Gasteiger partial charge >= 0.3 is 6.03 Å². The molecule has 0 aliphatic carbocycles. The molecule has 1 amide bonds. The molecule has 0 aliphatic rings. The van der Waals surface area contributed by atoms with E-state index in [0.29, 0.717) is 10.5 Å². The highest BCUT2D eigenvalue weighted by Gasteiger charge is 2.12. The summed E-state index contributed by atoms with van der Waals surface area (Å²) in [7, 11) is 0. The number of nitrogens with zero attached hydrogens (tertiary/aromatic N) is 1. The van der Waals surface area contributed by atoms with Crippen molar-refractivity contribution < 1.29 is 9.90 Å². The van der Waals surface area contributed by atoms with E-state index in [1.54, 1.807) is 18.2 Å². The normalized spacial score (nSPS) is 10.8. The van der Waals surface area contributed by atoms with Crippen LogP contribution in [0.4, 0.5) is 10.5 Å². The minimum absolute atomic E-state index is 0.181. The van der Waals surface area contributed by atoms with Crippen LogP contribution in [0, 0.1) is 8.73 Å². The largest absolute Gasteiger partial charge is 0.493 e. The molecule has 0 spiro atoms. The van der Waals surface area contributed by atoms with Crippen LogP contribution in [0.25, 0.3) is 11.0 Å². The van der Waals surface area contributed by atoms with Crippen molar-refractivity contribution in [2.75, 3.05) is 5.32 Å². The van der Waals surface area contributed by atoms with E-state index >= 15 is 0 Å². The second-order valence-corrected chi connectivity index (χ2v) is 5.88. The Morgan fingerprint density at radius 2 is 2.05 bits per heavy atom. The minimum Gasteiger partial charge on any atom is -0.493 e. The van der Waals surface area contributed by atoms with E-state index in [-0.39, 0.29) is 9.83 Å². The van der Waals surface area contributed by atoms with Gasteiger partial charge in [0, 0.05) is 5.69 Å². The van der Waals surface area contributed by atoms with Crippen molar-refractivity contribution in [3.8, 4) is 5.88 Å². The van der Waals surface area contributed by atoms with Gasteiger partial charge in [-0.2, -0.15) is 0 Å². The quantitative estimate of drug-likeness (QED) is 0.515. The standard InChI is InChI=1S/C11H8N4O2S3/c16-8-4-20-11(19)15(8)10(17)12-5-1-2-6-7(3-5)14-9(18)13-6/h1-4,16H,(H,12,17)(H2,13,14,18). The first-order valence-electron chi connectivity index (χ1n) is 5.47. The van der Waals surface area contributed by atoms with Gasteiger partial charge in [0.15, 0.2) is 8.73 Å². The smallest absolute Gasteiger partial charge is 0.334 e. The van der Waals surface area contributed by atoms with Crippen molar-refractivity contribution in [3.05, 3.63) is 32.3 Å². The molecule has 1 aromatic carbocycles. The van der Waals surface area contributed by atoms with E-state index in [1.807, 2.05) is 0 Å². The molecule has 2 heterocycles. The number of hydrogen-bond acceptors (Lipinski definition) is 5. The van der Waals surface area contributed by atoms with Gasteiger partial charge in [-0.05, 0) is 42.6 Å². The Kier molecular flexibility index (Phi) is 3.16. The van der Waals surface area contributed by atoms with E-state index in [9.17, 15) is 9.90 Å². The summed E-state index contributed by atoms with van der Waals surface area (Å²) >= 11 is 11.1. The summed E-state index contributed by atoms with van der Waals surface area (Å²) in [4.78, 5) is 18.0. The van der Waals surface area contributed by atoms with Gasteiger partial charge < -0.3 is 20.4 Å². The van der Waals surface area contributed by atoms with E-state index in [2.05, 4.69) is 15.3 Å². The number of aromatic hydroxyl groups is 1. The number of nitrogens with one attached hydrogen (secondary N) is 3. The molecule has 0 atom stereocenters. The van der Waals surface area contributed by atoms with Crippen molar-refractivity contribution in [2.24, 2.45) is 0 Å². The van der Waals surface area contributed by atoms with Gasteiger partial charge in [-0.3, -0.25) is 0 Å². The molecule has 20 heavy (non-hydrogen) atoms. The number of benzene rings is 1. The number of hydrogen-bond donors (Lipinski definition) is 4. The van der Waals surface area contributed by atoms with Crippen molar-refractivity contribution >= 4 is 58.5 Å². The first kappa shape index (κ1) is 13.0. The molecule has 0 radical (unpaired) electrons. The number of aromatic nitrogens is 3. The number of amides is 1. The SMILES string of the molecule is O=C(Nc1ccc2[nH]c(=S)[nH]c2c1)n1c(O)csc1=S. The van der Waals surface area contributed by atoms with Gasteiger partial charge in [-0.15, -0.1) is 11.3 Å². The van der Waals surface area contributed by atoms with E-state index in [1.165, 1.54) is 5.38 Å². The molecule has 3 aromatic rings. The highest BCUT2D eigenvalue weighted by atomic mass is 32.1. The zero-order valence-electron chi connectivity index (χ0n) is 9.84. The molecule has 9 heteroatoms. The highest BCUT2D eigenvalue weighted by Crippen LogP contribution is 2.20. The van der Waals surface area contributed by atoms with Crippen LogP contribution in [0.5, 0.6) is 5.88 Å². The second-order valence-electron chi connectivity index (χ2n) is 3.96. The molecule has 0 aliphatic heterocycles. The molecule has 0 bridgehead atoms. The number of H-pyrrole nitrogens is 2. The monoisotopic (exact) mass is 324 g/mol. The number of fused-ring (bicyclic) bond motifs is 1. The Bertz CT molecular complexity index is 918. The van der Waals surface area contributed by atoms with Crippen LogP contribution in [0.2, 0.25) is 0 Å². The van der Waals surface area contributed by atoms with Gasteiger partial charge in [0.25, 0.3) is 0 Å². The molecule has 0 unspecified atom stereocenters. The van der Waals surface area contributed by atoms with Crippen LogP contribution in [0.1, 0.15) is 0 Å². The third kappa shape index (κ3) is 2.26. The number of carbonyl (C=O) groups excluding carboxylic acids is 1. The Labute approximate surface area is 126 Å². The number of carbonyl (C=O) groups is 1. The average molecular weight is 324 g/mol. The number of rotatable bonds is 1. The van der Waals surface area contributed by atoms with Crippen LogP contribution < -0.4 is 5.32 Å². The first-order chi connectivity index (χ1) is 9.54. The number of imidazole rings is 1. The predicted molar refractivity (Wildman–Crippen MR) is 82.7 cm³/mol. The van der Waals surface area contributed by atoms with Gasteiger partial charge in [-0.25, -0.2) is 9.36 Å². The van der Waals surface area contributed by atoms with Crippen molar-refractivity contribution in [1.82, 2.24) is 14.5 Å². The topological polar surface area (TPSA) is 85.8 Å². The van der Waals surface area contributed by atoms with E-state index < -0.39 is 6.03 Å². The zero-order valence-corrected chi connectivity index (χ0v) is 12.3. The third-order valence-electron chi connectivity index (χ3n) is 2.65. The van der Waals surface area contributed by atoms with E-state index in [4.69, 9.17) is 24.4 Å². The molecule has 0 saturated heterocycles. The Morgan fingerprint density at radius 3 is 2.75 bits per heavy atom. The lowest BCUT2D eigenvalue weighted by Gasteiger charge is -2.06. The first-order valence-corrected chi connectivity index (χ1v) is 7.17. The second kappa shape index (κ2) is 4.85. The molecule has 102 valence electrons. The highest BCUT2D eigenvalue weighted by molar-refractivity contribution is 7.73. The van der Waals surface area contributed by atoms with Crippen LogP contribution in [-0.4, -0.2) is 25.7 Å². The third-order valence-corrected chi connectivity index (χ3v) is 4.04. The van der Waals surface area contributed by atoms with Crippen molar-refractivity contribution in [2.45, 2.75) is 0 Å². The summed E-state index contributed by atoms with van der Waals surface area (Å²) in [5.41, 5.74) is 2.20. The van der Waals surface area contributed by atoms with Gasteiger partial charge in [-0.1, -0.05) is 0 Å². The molecule has 3 rings (SSSR count).